The summed E-state index contributed by atoms with van der Waals surface area (Å²) in [4.78, 5) is 39.7. The van der Waals surface area contributed by atoms with Gasteiger partial charge in [0.05, 0.1) is 0 Å². The standard InChI is InChI=1S/C22H15F3N4O4/c1-11-4-2-3-5-14(11)20(32)27-16-15(17(30)18(16)31)26-10-12-6-8-13(9-7-12)19-28-21(33-29-19)22(23,24)25/h2-9,26H,10H2,1H3,(H,27,32). The number of aromatic nitrogens is 2. The quantitative estimate of drug-likeness (QED) is 0.427. The second-order valence-electron chi connectivity index (χ2n) is 7.15. The molecule has 0 aliphatic rings. The number of hydrogen-bond donors (Lipinski definition) is 2. The molecule has 0 saturated heterocycles. The smallest absolute Gasteiger partial charge is 0.376 e. The summed E-state index contributed by atoms with van der Waals surface area (Å²) < 4.78 is 42.0. The van der Waals surface area contributed by atoms with Gasteiger partial charge in [-0.25, -0.2) is 0 Å². The molecule has 4 aromatic rings. The van der Waals surface area contributed by atoms with Crippen LogP contribution in [0, 0.1) is 6.92 Å². The molecule has 3 aromatic carbocycles. The fraction of sp³-hybridized carbons (Fsp3) is 0.136. The molecule has 168 valence electrons. The summed E-state index contributed by atoms with van der Waals surface area (Å²) in [5.74, 6) is -2.17. The molecule has 4 rings (SSSR count). The van der Waals surface area contributed by atoms with E-state index < -0.39 is 28.8 Å². The van der Waals surface area contributed by atoms with Crippen LogP contribution in [0.2, 0.25) is 0 Å². The van der Waals surface area contributed by atoms with Crippen LogP contribution < -0.4 is 21.5 Å². The van der Waals surface area contributed by atoms with Gasteiger partial charge in [-0.1, -0.05) is 47.6 Å². The van der Waals surface area contributed by atoms with E-state index in [4.69, 9.17) is 0 Å². The van der Waals surface area contributed by atoms with E-state index in [2.05, 4.69) is 25.3 Å². The zero-order valence-corrected chi connectivity index (χ0v) is 17.0. The van der Waals surface area contributed by atoms with Crippen molar-refractivity contribution in [1.82, 2.24) is 10.1 Å². The second kappa shape index (κ2) is 8.34. The van der Waals surface area contributed by atoms with E-state index in [-0.39, 0.29) is 23.7 Å². The maximum atomic E-state index is 12.6. The van der Waals surface area contributed by atoms with Crippen molar-refractivity contribution in [2.24, 2.45) is 0 Å². The van der Waals surface area contributed by atoms with E-state index >= 15 is 0 Å². The maximum absolute atomic E-state index is 12.6. The van der Waals surface area contributed by atoms with Crippen molar-refractivity contribution < 1.29 is 22.5 Å². The van der Waals surface area contributed by atoms with Gasteiger partial charge in [0.2, 0.25) is 5.82 Å². The highest BCUT2D eigenvalue weighted by atomic mass is 19.4. The summed E-state index contributed by atoms with van der Waals surface area (Å²) in [5.41, 5.74) is 0.371. The molecule has 0 aliphatic heterocycles. The molecule has 0 radical (unpaired) electrons. The zero-order chi connectivity index (χ0) is 23.8. The minimum atomic E-state index is -4.73. The third-order valence-electron chi connectivity index (χ3n) is 4.89. The second-order valence-corrected chi connectivity index (χ2v) is 7.15. The van der Waals surface area contributed by atoms with Crippen LogP contribution in [0.4, 0.5) is 24.5 Å². The molecule has 0 unspecified atom stereocenters. The van der Waals surface area contributed by atoms with Crippen LogP contribution in [0.1, 0.15) is 27.4 Å². The molecule has 0 spiro atoms. The topological polar surface area (TPSA) is 114 Å². The molecule has 1 aromatic heterocycles. The van der Waals surface area contributed by atoms with E-state index in [9.17, 15) is 27.6 Å². The number of nitrogens with zero attached hydrogens (tertiary/aromatic N) is 2. The van der Waals surface area contributed by atoms with Gasteiger partial charge in [0.1, 0.15) is 11.4 Å². The molecule has 11 heteroatoms. The summed E-state index contributed by atoms with van der Waals surface area (Å²) in [5, 5.41) is 8.60. The van der Waals surface area contributed by atoms with Gasteiger partial charge in [-0.2, -0.15) is 18.2 Å². The Morgan fingerprint density at radius 2 is 1.67 bits per heavy atom. The number of anilines is 2. The van der Waals surface area contributed by atoms with Crippen molar-refractivity contribution in [3.05, 3.63) is 91.6 Å². The average molecular weight is 456 g/mol. The Bertz CT molecular complexity index is 1400. The van der Waals surface area contributed by atoms with Crippen LogP contribution in [0.3, 0.4) is 0 Å². The molecule has 8 nitrogen and oxygen atoms in total. The van der Waals surface area contributed by atoms with Gasteiger partial charge in [-0.15, -0.1) is 0 Å². The van der Waals surface area contributed by atoms with Gasteiger partial charge in [0.15, 0.2) is 0 Å². The predicted molar refractivity (Wildman–Crippen MR) is 113 cm³/mol. The lowest BCUT2D eigenvalue weighted by Crippen LogP contribution is -2.38. The summed E-state index contributed by atoms with van der Waals surface area (Å²) in [6.45, 7) is 1.87. The third-order valence-corrected chi connectivity index (χ3v) is 4.89. The highest BCUT2D eigenvalue weighted by molar-refractivity contribution is 6.07. The first kappa shape index (κ1) is 21.9. The number of rotatable bonds is 6. The van der Waals surface area contributed by atoms with Crippen LogP contribution in [-0.2, 0) is 12.7 Å². The van der Waals surface area contributed by atoms with Gasteiger partial charge in [-0.05, 0) is 24.1 Å². The molecule has 0 aliphatic carbocycles. The minimum absolute atomic E-state index is 0.0148. The fourth-order valence-electron chi connectivity index (χ4n) is 3.11. The molecular formula is C22H15F3N4O4. The Morgan fingerprint density at radius 1 is 1.00 bits per heavy atom. The highest BCUT2D eigenvalue weighted by Gasteiger charge is 2.38. The molecule has 0 atom stereocenters. The number of halogens is 3. The molecule has 1 heterocycles. The summed E-state index contributed by atoms with van der Waals surface area (Å²) in [6.07, 6.45) is -4.73. The van der Waals surface area contributed by atoms with Crippen LogP contribution >= 0.6 is 0 Å². The lowest BCUT2D eigenvalue weighted by molar-refractivity contribution is -0.159. The van der Waals surface area contributed by atoms with Crippen molar-refractivity contribution in [2.75, 3.05) is 10.6 Å². The molecule has 0 saturated carbocycles. The number of amides is 1. The highest BCUT2D eigenvalue weighted by Crippen LogP contribution is 2.29. The fourth-order valence-corrected chi connectivity index (χ4v) is 3.11. The lowest BCUT2D eigenvalue weighted by Gasteiger charge is -2.15. The molecule has 0 bridgehead atoms. The molecule has 1 amide bonds. The van der Waals surface area contributed by atoms with E-state index in [1.54, 1.807) is 43.3 Å². The van der Waals surface area contributed by atoms with Gasteiger partial charge in [-0.3, -0.25) is 14.4 Å². The Morgan fingerprint density at radius 3 is 2.30 bits per heavy atom. The van der Waals surface area contributed by atoms with Gasteiger partial charge >= 0.3 is 12.1 Å². The number of carbonyl (C=O) groups excluding carboxylic acids is 1. The first-order valence-electron chi connectivity index (χ1n) is 9.59. The van der Waals surface area contributed by atoms with Crippen molar-refractivity contribution in [2.45, 2.75) is 19.6 Å². The maximum Gasteiger partial charge on any atom is 0.471 e. The van der Waals surface area contributed by atoms with Gasteiger partial charge in [0, 0.05) is 17.7 Å². The Hall–Kier alpha value is -4.28. The number of aryl methyl sites for hydroxylation is 1. The monoisotopic (exact) mass is 456 g/mol. The summed E-state index contributed by atoms with van der Waals surface area (Å²) >= 11 is 0. The molecule has 2 N–H and O–H groups in total. The van der Waals surface area contributed by atoms with E-state index in [1.165, 1.54) is 12.1 Å². The van der Waals surface area contributed by atoms with Gasteiger partial charge in [0.25, 0.3) is 16.8 Å². The molecule has 0 fully saturated rings. The van der Waals surface area contributed by atoms with E-state index in [0.717, 1.165) is 0 Å². The zero-order valence-electron chi connectivity index (χ0n) is 17.0. The number of nitrogens with one attached hydrogen (secondary N) is 2. The number of carbonyl (C=O) groups is 1. The predicted octanol–water partition coefficient (Wildman–Crippen LogP) is 3.52. The van der Waals surface area contributed by atoms with Crippen molar-refractivity contribution in [1.29, 1.82) is 0 Å². The van der Waals surface area contributed by atoms with Crippen LogP contribution in [0.25, 0.3) is 11.4 Å². The Balaban J connectivity index is 1.44. The summed E-state index contributed by atoms with van der Waals surface area (Å²) in [7, 11) is 0. The number of alkyl halides is 3. The van der Waals surface area contributed by atoms with Crippen LogP contribution in [0.5, 0.6) is 0 Å². The third kappa shape index (κ3) is 4.38. The largest absolute Gasteiger partial charge is 0.471 e. The average Bonchev–Trinajstić information content (AvgIpc) is 3.30. The van der Waals surface area contributed by atoms with E-state index in [0.29, 0.717) is 22.3 Å². The Labute approximate surface area is 183 Å². The number of hydrogen-bond acceptors (Lipinski definition) is 7. The van der Waals surface area contributed by atoms with Crippen LogP contribution in [0.15, 0.2) is 62.6 Å². The van der Waals surface area contributed by atoms with Crippen molar-refractivity contribution >= 4 is 17.3 Å². The first-order chi connectivity index (χ1) is 15.6. The summed E-state index contributed by atoms with van der Waals surface area (Å²) in [6, 6.07) is 13.0. The lowest BCUT2D eigenvalue weighted by atomic mass is 10.1. The van der Waals surface area contributed by atoms with Crippen LogP contribution in [-0.4, -0.2) is 16.0 Å². The van der Waals surface area contributed by atoms with Crippen molar-refractivity contribution in [3.63, 3.8) is 0 Å². The van der Waals surface area contributed by atoms with Gasteiger partial charge < -0.3 is 15.2 Å². The van der Waals surface area contributed by atoms with Crippen molar-refractivity contribution in [3.8, 4) is 11.4 Å². The molecular weight excluding hydrogens is 441 g/mol. The van der Waals surface area contributed by atoms with E-state index in [1.807, 2.05) is 0 Å². The Kier molecular flexibility index (Phi) is 5.54. The molecule has 33 heavy (non-hydrogen) atoms. The first-order valence-corrected chi connectivity index (χ1v) is 9.59. The SMILES string of the molecule is Cc1ccccc1C(=O)Nc1c(NCc2ccc(-c3noc(C(F)(F)F)n3)cc2)c(=O)c1=O. The minimum Gasteiger partial charge on any atom is -0.376 e. The number of benzene rings is 2. The normalized spacial score (nSPS) is 11.5.